The van der Waals surface area contributed by atoms with Crippen LogP contribution in [0.15, 0.2) is 18.2 Å². The molecule has 0 amide bonds. The summed E-state index contributed by atoms with van der Waals surface area (Å²) in [5.74, 6) is 0.759. The van der Waals surface area contributed by atoms with E-state index in [1.807, 2.05) is 0 Å². The number of anilines is 2. The van der Waals surface area contributed by atoms with Gasteiger partial charge in [-0.15, -0.1) is 0 Å². The van der Waals surface area contributed by atoms with Gasteiger partial charge in [0.05, 0.1) is 11.4 Å². The monoisotopic (exact) mass is 247 g/mol. The summed E-state index contributed by atoms with van der Waals surface area (Å²) in [5.41, 5.74) is 9.38. The number of piperidine rings is 1. The second kappa shape index (κ2) is 5.61. The maximum atomic E-state index is 6.10. The molecule has 100 valence electrons. The van der Waals surface area contributed by atoms with Crippen molar-refractivity contribution in [2.24, 2.45) is 5.92 Å². The van der Waals surface area contributed by atoms with Crippen molar-refractivity contribution in [1.82, 2.24) is 4.90 Å². The number of hydrogen-bond donors (Lipinski definition) is 1. The van der Waals surface area contributed by atoms with Gasteiger partial charge in [0.2, 0.25) is 0 Å². The predicted octanol–water partition coefficient (Wildman–Crippen LogP) is 2.36. The Morgan fingerprint density at radius 2 is 2.22 bits per heavy atom. The minimum atomic E-state index is 0.759. The molecule has 0 radical (unpaired) electrons. The molecule has 1 saturated heterocycles. The average molecular weight is 247 g/mol. The van der Waals surface area contributed by atoms with Crippen LogP contribution in [0.4, 0.5) is 11.4 Å². The van der Waals surface area contributed by atoms with Crippen LogP contribution in [0, 0.1) is 12.8 Å². The summed E-state index contributed by atoms with van der Waals surface area (Å²) < 4.78 is 0. The number of aryl methyl sites for hydroxylation is 1. The molecule has 3 nitrogen and oxygen atoms in total. The Morgan fingerprint density at radius 3 is 2.89 bits per heavy atom. The van der Waals surface area contributed by atoms with Gasteiger partial charge in [-0.05, 0) is 57.0 Å². The Bertz CT molecular complexity index is 403. The molecule has 2 N–H and O–H groups in total. The van der Waals surface area contributed by atoms with Crippen LogP contribution < -0.4 is 10.6 Å². The van der Waals surface area contributed by atoms with Crippen LogP contribution in [0.2, 0.25) is 0 Å². The van der Waals surface area contributed by atoms with Crippen LogP contribution in [0.1, 0.15) is 18.4 Å². The smallest absolute Gasteiger partial charge is 0.0597 e. The van der Waals surface area contributed by atoms with Gasteiger partial charge in [-0.1, -0.05) is 6.07 Å². The maximum absolute atomic E-state index is 6.10. The highest BCUT2D eigenvalue weighted by molar-refractivity contribution is 5.68. The van der Waals surface area contributed by atoms with Gasteiger partial charge in [-0.2, -0.15) is 0 Å². The molecule has 1 unspecified atom stereocenters. The summed E-state index contributed by atoms with van der Waals surface area (Å²) in [4.78, 5) is 4.74. The van der Waals surface area contributed by atoms with Crippen molar-refractivity contribution in [2.75, 3.05) is 44.4 Å². The molecule has 1 aromatic rings. The summed E-state index contributed by atoms with van der Waals surface area (Å²) in [7, 11) is 4.36. The minimum absolute atomic E-state index is 0.759. The van der Waals surface area contributed by atoms with Crippen LogP contribution in [0.25, 0.3) is 0 Å². The third-order valence-corrected chi connectivity index (χ3v) is 3.85. The van der Waals surface area contributed by atoms with E-state index in [1.165, 1.54) is 31.5 Å². The first-order chi connectivity index (χ1) is 8.56. The number of likely N-dealkylation sites (tertiary alicyclic amines) is 1. The number of rotatable bonds is 3. The summed E-state index contributed by atoms with van der Waals surface area (Å²) in [6, 6.07) is 6.32. The molecule has 1 heterocycles. The fourth-order valence-electron chi connectivity index (χ4n) is 2.93. The third kappa shape index (κ3) is 3.16. The van der Waals surface area contributed by atoms with Gasteiger partial charge in [0.1, 0.15) is 0 Å². The van der Waals surface area contributed by atoms with E-state index in [0.29, 0.717) is 0 Å². The fourth-order valence-corrected chi connectivity index (χ4v) is 2.93. The van der Waals surface area contributed by atoms with E-state index in [0.717, 1.165) is 23.8 Å². The van der Waals surface area contributed by atoms with E-state index in [2.05, 4.69) is 49.0 Å². The fraction of sp³-hybridized carbons (Fsp3) is 0.600. The van der Waals surface area contributed by atoms with Gasteiger partial charge in [-0.3, -0.25) is 0 Å². The Kier molecular flexibility index (Phi) is 4.12. The van der Waals surface area contributed by atoms with Crippen LogP contribution in [-0.2, 0) is 0 Å². The highest BCUT2D eigenvalue weighted by Gasteiger charge is 2.19. The van der Waals surface area contributed by atoms with Crippen molar-refractivity contribution in [1.29, 1.82) is 0 Å². The van der Waals surface area contributed by atoms with E-state index >= 15 is 0 Å². The number of nitrogen functional groups attached to an aromatic ring is 1. The van der Waals surface area contributed by atoms with Crippen LogP contribution in [0.5, 0.6) is 0 Å². The van der Waals surface area contributed by atoms with E-state index in [-0.39, 0.29) is 0 Å². The predicted molar refractivity (Wildman–Crippen MR) is 79.1 cm³/mol. The van der Waals surface area contributed by atoms with Crippen molar-refractivity contribution < 1.29 is 0 Å². The molecule has 0 bridgehead atoms. The summed E-state index contributed by atoms with van der Waals surface area (Å²) in [6.07, 6.45) is 2.65. The highest BCUT2D eigenvalue weighted by atomic mass is 15.1. The van der Waals surface area contributed by atoms with Crippen molar-refractivity contribution in [3.63, 3.8) is 0 Å². The Hall–Kier alpha value is -1.22. The molecule has 1 aliphatic heterocycles. The zero-order valence-corrected chi connectivity index (χ0v) is 11.8. The third-order valence-electron chi connectivity index (χ3n) is 3.85. The first-order valence-corrected chi connectivity index (χ1v) is 6.82. The molecular weight excluding hydrogens is 222 g/mol. The first-order valence-electron chi connectivity index (χ1n) is 6.82. The number of hydrogen-bond acceptors (Lipinski definition) is 3. The van der Waals surface area contributed by atoms with Gasteiger partial charge < -0.3 is 15.5 Å². The molecule has 0 aromatic heterocycles. The van der Waals surface area contributed by atoms with Crippen LogP contribution in [-0.4, -0.2) is 38.6 Å². The lowest BCUT2D eigenvalue weighted by atomic mass is 9.97. The van der Waals surface area contributed by atoms with Gasteiger partial charge in [0.25, 0.3) is 0 Å². The highest BCUT2D eigenvalue weighted by Crippen LogP contribution is 2.25. The summed E-state index contributed by atoms with van der Waals surface area (Å²) in [5, 5.41) is 0. The topological polar surface area (TPSA) is 32.5 Å². The van der Waals surface area contributed by atoms with Crippen LogP contribution in [0.3, 0.4) is 0 Å². The van der Waals surface area contributed by atoms with Gasteiger partial charge in [0.15, 0.2) is 0 Å². The largest absolute Gasteiger partial charge is 0.397 e. The summed E-state index contributed by atoms with van der Waals surface area (Å²) >= 11 is 0. The van der Waals surface area contributed by atoms with Crippen molar-refractivity contribution in [2.45, 2.75) is 19.8 Å². The summed E-state index contributed by atoms with van der Waals surface area (Å²) in [6.45, 7) is 5.62. The normalized spacial score (nSPS) is 20.9. The van der Waals surface area contributed by atoms with Crippen molar-refractivity contribution in [3.8, 4) is 0 Å². The first kappa shape index (κ1) is 13.2. The molecule has 1 atom stereocenters. The molecule has 0 spiro atoms. The van der Waals surface area contributed by atoms with E-state index in [4.69, 9.17) is 5.73 Å². The lowest BCUT2D eigenvalue weighted by molar-refractivity contribution is 0.213. The SMILES string of the molecule is Cc1ccc(N(C)CC2CCCN(C)C2)c(N)c1. The lowest BCUT2D eigenvalue weighted by Crippen LogP contribution is -2.38. The van der Waals surface area contributed by atoms with Crippen molar-refractivity contribution in [3.05, 3.63) is 23.8 Å². The van der Waals surface area contributed by atoms with Gasteiger partial charge >= 0.3 is 0 Å². The Labute approximate surface area is 111 Å². The van der Waals surface area contributed by atoms with E-state index in [1.54, 1.807) is 0 Å². The molecule has 1 fully saturated rings. The zero-order chi connectivity index (χ0) is 13.1. The standard InChI is InChI=1S/C15H25N3/c1-12-6-7-15(14(16)9-12)18(3)11-13-5-4-8-17(2)10-13/h6-7,9,13H,4-5,8,10-11,16H2,1-3H3. The minimum Gasteiger partial charge on any atom is -0.397 e. The maximum Gasteiger partial charge on any atom is 0.0597 e. The van der Waals surface area contributed by atoms with Gasteiger partial charge in [-0.25, -0.2) is 0 Å². The number of nitrogens with zero attached hydrogens (tertiary/aromatic N) is 2. The second-order valence-electron chi connectivity index (χ2n) is 5.71. The van der Waals surface area contributed by atoms with Crippen molar-refractivity contribution >= 4 is 11.4 Å². The molecule has 0 aliphatic carbocycles. The van der Waals surface area contributed by atoms with E-state index < -0.39 is 0 Å². The molecular formula is C15H25N3. The molecule has 1 aromatic carbocycles. The number of benzene rings is 1. The molecule has 2 rings (SSSR count). The molecule has 18 heavy (non-hydrogen) atoms. The molecule has 1 aliphatic rings. The molecule has 3 heteroatoms. The zero-order valence-electron chi connectivity index (χ0n) is 11.8. The van der Waals surface area contributed by atoms with E-state index in [9.17, 15) is 0 Å². The Morgan fingerprint density at radius 1 is 1.44 bits per heavy atom. The van der Waals surface area contributed by atoms with Gasteiger partial charge in [0, 0.05) is 20.1 Å². The van der Waals surface area contributed by atoms with Crippen LogP contribution >= 0.6 is 0 Å². The Balaban J connectivity index is 2.00. The molecule has 0 saturated carbocycles. The second-order valence-corrected chi connectivity index (χ2v) is 5.71. The lowest BCUT2D eigenvalue weighted by Gasteiger charge is -2.33. The quantitative estimate of drug-likeness (QED) is 0.832. The average Bonchev–Trinajstić information content (AvgIpc) is 2.28. The number of nitrogens with two attached hydrogens (primary N) is 1.